The van der Waals surface area contributed by atoms with Crippen LogP contribution in [0.1, 0.15) is 23.3 Å². The molecule has 0 bridgehead atoms. The number of aromatic nitrogens is 2. The van der Waals surface area contributed by atoms with Crippen LogP contribution in [-0.2, 0) is 4.74 Å². The molecule has 0 fully saturated rings. The summed E-state index contributed by atoms with van der Waals surface area (Å²) in [7, 11) is 1.49. The van der Waals surface area contributed by atoms with E-state index in [1.165, 1.54) is 19.5 Å². The fourth-order valence-electron chi connectivity index (χ4n) is 1.42. The molecule has 0 amide bonds. The van der Waals surface area contributed by atoms with Gasteiger partial charge in [-0.15, -0.1) is 0 Å². The predicted octanol–water partition coefficient (Wildman–Crippen LogP) is 1.36. The highest BCUT2D eigenvalue weighted by molar-refractivity contribution is 6.06. The van der Waals surface area contributed by atoms with Crippen LogP contribution in [0.25, 0.3) is 0 Å². The number of ether oxygens (including phenoxy) is 2. The molecule has 0 atom stereocenters. The summed E-state index contributed by atoms with van der Waals surface area (Å²) in [6.45, 7) is 0.583. The van der Waals surface area contributed by atoms with Gasteiger partial charge in [0.1, 0.15) is 12.0 Å². The average molecular weight is 220 g/mol. The van der Waals surface area contributed by atoms with Crippen LogP contribution in [0.3, 0.4) is 0 Å². The number of hydrogen-bond donors (Lipinski definition) is 0. The second kappa shape index (κ2) is 4.74. The minimum Gasteiger partial charge on any atom is -0.490 e. The Hall–Kier alpha value is -1.91. The van der Waals surface area contributed by atoms with E-state index in [1.54, 1.807) is 6.08 Å². The molecule has 5 heteroatoms. The molecular weight excluding hydrogens is 208 g/mol. The summed E-state index contributed by atoms with van der Waals surface area (Å²) in [5.74, 6) is 0.516. The van der Waals surface area contributed by atoms with E-state index in [4.69, 9.17) is 9.47 Å². The molecule has 5 nitrogen and oxygen atoms in total. The maximum absolute atomic E-state index is 11.9. The van der Waals surface area contributed by atoms with Crippen LogP contribution in [0.4, 0.5) is 0 Å². The molecule has 0 spiro atoms. The van der Waals surface area contributed by atoms with Gasteiger partial charge in [0, 0.05) is 6.07 Å². The van der Waals surface area contributed by atoms with Gasteiger partial charge in [-0.3, -0.25) is 4.79 Å². The van der Waals surface area contributed by atoms with E-state index in [-0.39, 0.29) is 5.78 Å². The SMILES string of the molecule is COc1cc(C(=O)C2=CCCCO2)ncn1. The summed E-state index contributed by atoms with van der Waals surface area (Å²) in [4.78, 5) is 19.7. The molecule has 1 aromatic rings. The Morgan fingerprint density at radius 2 is 2.38 bits per heavy atom. The molecule has 0 N–H and O–H groups in total. The van der Waals surface area contributed by atoms with Crippen molar-refractivity contribution in [1.82, 2.24) is 9.97 Å². The van der Waals surface area contributed by atoms with Crippen molar-refractivity contribution in [3.63, 3.8) is 0 Å². The Labute approximate surface area is 93.1 Å². The zero-order valence-corrected chi connectivity index (χ0v) is 8.97. The van der Waals surface area contributed by atoms with E-state index in [0.29, 0.717) is 23.9 Å². The second-order valence-electron chi connectivity index (χ2n) is 3.33. The van der Waals surface area contributed by atoms with Crippen LogP contribution in [0.5, 0.6) is 5.88 Å². The van der Waals surface area contributed by atoms with Crippen LogP contribution in [0.15, 0.2) is 24.2 Å². The first-order valence-electron chi connectivity index (χ1n) is 5.05. The van der Waals surface area contributed by atoms with Gasteiger partial charge in [-0.1, -0.05) is 0 Å². The molecule has 1 aliphatic heterocycles. The van der Waals surface area contributed by atoms with Crippen LogP contribution in [0.2, 0.25) is 0 Å². The number of nitrogens with zero attached hydrogens (tertiary/aromatic N) is 2. The number of methoxy groups -OCH3 is 1. The molecule has 84 valence electrons. The third-order valence-electron chi connectivity index (χ3n) is 2.24. The van der Waals surface area contributed by atoms with Crippen molar-refractivity contribution in [2.45, 2.75) is 12.8 Å². The largest absolute Gasteiger partial charge is 0.490 e. The fraction of sp³-hybridized carbons (Fsp3) is 0.364. The predicted molar refractivity (Wildman–Crippen MR) is 56.2 cm³/mol. The molecule has 0 radical (unpaired) electrons. The maximum Gasteiger partial charge on any atom is 0.245 e. The minimum absolute atomic E-state index is 0.222. The third-order valence-corrected chi connectivity index (χ3v) is 2.24. The Morgan fingerprint density at radius 1 is 1.50 bits per heavy atom. The summed E-state index contributed by atoms with van der Waals surface area (Å²) < 4.78 is 10.2. The average Bonchev–Trinajstić information content (AvgIpc) is 2.39. The van der Waals surface area contributed by atoms with Crippen LogP contribution in [0, 0.1) is 0 Å². The first-order chi connectivity index (χ1) is 7.81. The van der Waals surface area contributed by atoms with Gasteiger partial charge in [-0.25, -0.2) is 9.97 Å². The monoisotopic (exact) mass is 220 g/mol. The van der Waals surface area contributed by atoms with Crippen molar-refractivity contribution in [2.24, 2.45) is 0 Å². The Kier molecular flexibility index (Phi) is 3.14. The molecule has 0 unspecified atom stereocenters. The summed E-state index contributed by atoms with van der Waals surface area (Å²) in [5, 5.41) is 0. The van der Waals surface area contributed by atoms with Gasteiger partial charge in [0.05, 0.1) is 13.7 Å². The lowest BCUT2D eigenvalue weighted by molar-refractivity contribution is 0.0893. The van der Waals surface area contributed by atoms with E-state index in [0.717, 1.165) is 12.8 Å². The highest BCUT2D eigenvalue weighted by atomic mass is 16.5. The summed E-state index contributed by atoms with van der Waals surface area (Å²) in [6, 6.07) is 1.50. The van der Waals surface area contributed by atoms with E-state index in [9.17, 15) is 4.79 Å². The van der Waals surface area contributed by atoms with Crippen molar-refractivity contribution in [1.29, 1.82) is 0 Å². The van der Waals surface area contributed by atoms with Crippen molar-refractivity contribution in [3.05, 3.63) is 29.9 Å². The van der Waals surface area contributed by atoms with Crippen LogP contribution >= 0.6 is 0 Å². The Morgan fingerprint density at radius 3 is 3.06 bits per heavy atom. The molecule has 2 heterocycles. The first-order valence-corrected chi connectivity index (χ1v) is 5.05. The Bertz CT molecular complexity index is 429. The van der Waals surface area contributed by atoms with Gasteiger partial charge < -0.3 is 9.47 Å². The van der Waals surface area contributed by atoms with E-state index in [1.807, 2.05) is 0 Å². The van der Waals surface area contributed by atoms with Gasteiger partial charge in [-0.2, -0.15) is 0 Å². The van der Waals surface area contributed by atoms with E-state index in [2.05, 4.69) is 9.97 Å². The van der Waals surface area contributed by atoms with Crippen molar-refractivity contribution in [2.75, 3.05) is 13.7 Å². The molecule has 0 aliphatic carbocycles. The number of allylic oxidation sites excluding steroid dienone is 2. The number of hydrogen-bond acceptors (Lipinski definition) is 5. The molecule has 16 heavy (non-hydrogen) atoms. The standard InChI is InChI=1S/C11H12N2O3/c1-15-10-6-8(12-7-13-10)11(14)9-4-2-3-5-16-9/h4,6-7H,2-3,5H2,1H3. The topological polar surface area (TPSA) is 61.3 Å². The lowest BCUT2D eigenvalue weighted by atomic mass is 10.1. The molecule has 1 aliphatic rings. The quantitative estimate of drug-likeness (QED) is 0.720. The highest BCUT2D eigenvalue weighted by Crippen LogP contribution is 2.16. The fourth-order valence-corrected chi connectivity index (χ4v) is 1.42. The van der Waals surface area contributed by atoms with Gasteiger partial charge in [-0.05, 0) is 18.9 Å². The van der Waals surface area contributed by atoms with Gasteiger partial charge in [0.2, 0.25) is 11.7 Å². The number of carbonyl (C=O) groups is 1. The van der Waals surface area contributed by atoms with Crippen molar-refractivity contribution >= 4 is 5.78 Å². The van der Waals surface area contributed by atoms with Gasteiger partial charge in [0.25, 0.3) is 0 Å². The summed E-state index contributed by atoms with van der Waals surface area (Å²) in [6.07, 6.45) is 4.91. The number of carbonyl (C=O) groups excluding carboxylic acids is 1. The van der Waals surface area contributed by atoms with Crippen molar-refractivity contribution < 1.29 is 14.3 Å². The lowest BCUT2D eigenvalue weighted by Gasteiger charge is -2.13. The summed E-state index contributed by atoms with van der Waals surface area (Å²) >= 11 is 0. The van der Waals surface area contributed by atoms with Crippen LogP contribution < -0.4 is 4.74 Å². The van der Waals surface area contributed by atoms with E-state index >= 15 is 0 Å². The minimum atomic E-state index is -0.222. The molecule has 1 aromatic heterocycles. The maximum atomic E-state index is 11.9. The zero-order valence-electron chi connectivity index (χ0n) is 8.97. The number of rotatable bonds is 3. The number of Topliss-reactive ketones (excluding diaryl/α,β-unsaturated/α-hetero) is 1. The normalized spacial score (nSPS) is 14.9. The molecule has 2 rings (SSSR count). The zero-order chi connectivity index (χ0) is 11.4. The lowest BCUT2D eigenvalue weighted by Crippen LogP contribution is -2.13. The molecule has 0 saturated carbocycles. The highest BCUT2D eigenvalue weighted by Gasteiger charge is 2.17. The number of ketones is 1. The third kappa shape index (κ3) is 2.18. The molecular formula is C11H12N2O3. The molecule has 0 saturated heterocycles. The van der Waals surface area contributed by atoms with Gasteiger partial charge in [0.15, 0.2) is 5.76 Å². The first kappa shape index (κ1) is 10.6. The smallest absolute Gasteiger partial charge is 0.245 e. The Balaban J connectivity index is 2.22. The second-order valence-corrected chi connectivity index (χ2v) is 3.33. The molecule has 0 aromatic carbocycles. The van der Waals surface area contributed by atoms with Gasteiger partial charge >= 0.3 is 0 Å². The van der Waals surface area contributed by atoms with E-state index < -0.39 is 0 Å². The van der Waals surface area contributed by atoms with Crippen molar-refractivity contribution in [3.8, 4) is 5.88 Å². The summed E-state index contributed by atoms with van der Waals surface area (Å²) in [5.41, 5.74) is 0.292. The van der Waals surface area contributed by atoms with Crippen LogP contribution in [-0.4, -0.2) is 29.5 Å².